The SMILES string of the molecule is Cln1[pH][nH][pH]np[nH][pH][nH][pH]1. The van der Waals surface area contributed by atoms with Gasteiger partial charge in [0.1, 0.15) is 8.51 Å². The zero-order valence-electron chi connectivity index (χ0n) is 5.22. The predicted octanol–water partition coefficient (Wildman–Crippen LogP) is 2.95. The topological polar surface area (TPSA) is 65.2 Å². The molecule has 4 atom stereocenters. The van der Waals surface area contributed by atoms with E-state index in [9.17, 15) is 0 Å². The fourth-order valence-corrected chi connectivity index (χ4v) is 5.93. The van der Waals surface area contributed by atoms with Crippen LogP contribution in [0.4, 0.5) is 0 Å². The second-order valence-corrected chi connectivity index (χ2v) is 8.36. The van der Waals surface area contributed by atoms with Crippen LogP contribution in [0.2, 0.25) is 0 Å². The summed E-state index contributed by atoms with van der Waals surface area (Å²) < 4.78 is 15.2. The third-order valence-corrected chi connectivity index (χ3v) is 5.69. The van der Waals surface area contributed by atoms with E-state index in [4.69, 9.17) is 11.8 Å². The van der Waals surface area contributed by atoms with Crippen LogP contribution in [0.25, 0.3) is 0 Å². The van der Waals surface area contributed by atoms with Gasteiger partial charge in [-0.2, -0.15) is 4.51 Å². The zero-order chi connectivity index (χ0) is 7.94. The van der Waals surface area contributed by atoms with Gasteiger partial charge in [-0.1, -0.05) is 0 Å². The van der Waals surface area contributed by atoms with Crippen molar-refractivity contribution in [3.8, 4) is 0 Å². The molecule has 0 aliphatic rings. The van der Waals surface area contributed by atoms with Gasteiger partial charge in [0.2, 0.25) is 0 Å². The number of H-pyrrole nitrogens is 3. The molecule has 0 amide bonds. The standard InChI is InChI=1S/ClH7N5P5/c1-6-10-4-8-2-7-3-9-5-11-6/h4-5,8-11H,(H,2,3). The maximum atomic E-state index is 5.79. The largest absolute Gasteiger partial charge is 0.313 e. The molecule has 0 bridgehead atoms. The first-order valence-electron chi connectivity index (χ1n) is 2.51. The Morgan fingerprint density at radius 1 is 1.36 bits per heavy atom. The molecule has 4 unspecified atom stereocenters. The summed E-state index contributed by atoms with van der Waals surface area (Å²) in [5.74, 6) is 0. The first-order chi connectivity index (χ1) is 5.39. The smallest absolute Gasteiger partial charge is 0.138 e. The lowest BCUT2D eigenvalue weighted by molar-refractivity contribution is 1.60. The van der Waals surface area contributed by atoms with Crippen LogP contribution in [-0.4, -0.2) is 21.6 Å². The Bertz CT molecular complexity index is 252. The minimum atomic E-state index is 0.436. The van der Waals surface area contributed by atoms with Crippen molar-refractivity contribution in [2.75, 3.05) is 0 Å². The van der Waals surface area contributed by atoms with E-state index in [-0.39, 0.29) is 0 Å². The lowest BCUT2D eigenvalue weighted by Crippen LogP contribution is -1.58. The highest BCUT2D eigenvalue weighted by atomic mass is 35.5. The van der Waals surface area contributed by atoms with Crippen LogP contribution < -0.4 is 0 Å². The number of hydrogen-bond acceptors (Lipinski definition) is 1. The van der Waals surface area contributed by atoms with Crippen LogP contribution in [0, 0.1) is 0 Å². The van der Waals surface area contributed by atoms with Gasteiger partial charge < -0.3 is 13.5 Å². The molecule has 1 rings (SSSR count). The molecular formula is H7ClN5P5. The molecule has 64 valence electrons. The zero-order valence-corrected chi connectivity index (χ0v) is 10.9. The minimum absolute atomic E-state index is 0.436. The quantitative estimate of drug-likeness (QED) is 0.665. The van der Waals surface area contributed by atoms with Crippen molar-refractivity contribution in [2.45, 2.75) is 0 Å². The van der Waals surface area contributed by atoms with Crippen LogP contribution >= 0.6 is 54.3 Å². The summed E-state index contributed by atoms with van der Waals surface area (Å²) in [6, 6.07) is 0. The monoisotopic (exact) mass is 267 g/mol. The summed E-state index contributed by atoms with van der Waals surface area (Å²) in [6.07, 6.45) is 0. The van der Waals surface area contributed by atoms with Crippen molar-refractivity contribution in [1.82, 2.24) is 21.6 Å². The maximum Gasteiger partial charge on any atom is 0.138 e. The second-order valence-electron chi connectivity index (χ2n) is 1.30. The van der Waals surface area contributed by atoms with Crippen molar-refractivity contribution in [2.24, 2.45) is 0 Å². The van der Waals surface area contributed by atoms with E-state index in [1.54, 1.807) is 3.61 Å². The van der Waals surface area contributed by atoms with Crippen molar-refractivity contribution in [1.29, 1.82) is 0 Å². The molecular weight excluding hydrogens is 260 g/mol. The van der Waals surface area contributed by atoms with Crippen LogP contribution in [-0.2, 0) is 0 Å². The number of nitrogens with one attached hydrogen (secondary N) is 3. The highest BCUT2D eigenvalue weighted by Gasteiger charge is 1.65. The summed E-state index contributed by atoms with van der Waals surface area (Å²) >= 11 is 5.79. The Hall–Kier alpha value is 0.790. The molecule has 0 aromatic carbocycles. The fraction of sp³-hybridized carbons (Fsp3) is 0. The average Bonchev–Trinajstić information content (AvgIpc) is 2.03. The summed E-state index contributed by atoms with van der Waals surface area (Å²) in [5.41, 5.74) is 0. The van der Waals surface area contributed by atoms with Crippen molar-refractivity contribution in [3.05, 3.63) is 0 Å². The van der Waals surface area contributed by atoms with Crippen LogP contribution in [0.1, 0.15) is 0 Å². The highest BCUT2D eigenvalue weighted by Crippen LogP contribution is 2.10. The van der Waals surface area contributed by atoms with Gasteiger partial charge in [0.15, 0.2) is 0 Å². The summed E-state index contributed by atoms with van der Waals surface area (Å²) in [7, 11) is 2.81. The van der Waals surface area contributed by atoms with Crippen molar-refractivity contribution < 1.29 is 0 Å². The normalized spacial score (nSPS) is 12.1. The maximum absolute atomic E-state index is 5.79. The molecule has 11 heavy (non-hydrogen) atoms. The second kappa shape index (κ2) is 6.32. The molecule has 0 aliphatic carbocycles. The minimum Gasteiger partial charge on any atom is -0.313 e. The molecule has 1 aromatic heterocycles. The fourth-order valence-electron chi connectivity index (χ4n) is 0.307. The van der Waals surface area contributed by atoms with Gasteiger partial charge in [-0.05, 0) is 0 Å². The van der Waals surface area contributed by atoms with Gasteiger partial charge in [-0.25, -0.2) is 3.61 Å². The molecule has 11 heteroatoms. The summed E-state index contributed by atoms with van der Waals surface area (Å²) in [6.45, 7) is 0. The molecule has 0 fully saturated rings. The Labute approximate surface area is 76.3 Å². The molecule has 0 saturated carbocycles. The number of nitrogens with zero attached hydrogens (tertiary/aromatic N) is 2. The first-order valence-corrected chi connectivity index (χ1v) is 7.54. The van der Waals surface area contributed by atoms with Crippen LogP contribution in [0.3, 0.4) is 0 Å². The first kappa shape index (κ1) is 9.87. The number of aromatic amines is 3. The van der Waals surface area contributed by atoms with Gasteiger partial charge in [0.05, 0.1) is 0 Å². The van der Waals surface area contributed by atoms with Gasteiger partial charge >= 0.3 is 0 Å². The number of rotatable bonds is 0. The van der Waals surface area contributed by atoms with E-state index < -0.39 is 0 Å². The Morgan fingerprint density at radius 2 is 2.18 bits per heavy atom. The molecule has 3 N–H and O–H groups in total. The average molecular weight is 267 g/mol. The number of halogens is 1. The Morgan fingerprint density at radius 3 is 3.09 bits per heavy atom. The lowest BCUT2D eigenvalue weighted by Gasteiger charge is -1.85. The van der Waals surface area contributed by atoms with Gasteiger partial charge in [0.25, 0.3) is 0 Å². The van der Waals surface area contributed by atoms with Gasteiger partial charge in [-0.15, -0.1) is 0 Å². The molecule has 0 radical (unpaired) electrons. The van der Waals surface area contributed by atoms with E-state index in [0.29, 0.717) is 34.0 Å². The Balaban J connectivity index is 3.11. The molecule has 0 spiro atoms. The summed E-state index contributed by atoms with van der Waals surface area (Å²) in [4.78, 5) is 0. The number of aromatic nitrogens is 5. The third kappa shape index (κ3) is 5.10. The van der Waals surface area contributed by atoms with E-state index in [0.717, 1.165) is 8.51 Å². The lowest BCUT2D eigenvalue weighted by atomic mass is 13.8. The van der Waals surface area contributed by atoms with Crippen molar-refractivity contribution >= 4 is 54.3 Å². The molecule has 0 saturated heterocycles. The predicted molar refractivity (Wildman–Crippen MR) is 59.9 cm³/mol. The molecule has 0 aliphatic heterocycles. The van der Waals surface area contributed by atoms with E-state index in [1.165, 1.54) is 0 Å². The van der Waals surface area contributed by atoms with Crippen LogP contribution in [0.5, 0.6) is 0 Å². The van der Waals surface area contributed by atoms with Gasteiger partial charge in [-0.3, -0.25) is 0 Å². The van der Waals surface area contributed by atoms with E-state index in [1.807, 2.05) is 0 Å². The summed E-state index contributed by atoms with van der Waals surface area (Å²) in [5, 5.41) is 0. The van der Waals surface area contributed by atoms with Crippen LogP contribution in [0.15, 0.2) is 0 Å². The molecule has 5 nitrogen and oxygen atoms in total. The highest BCUT2D eigenvalue weighted by molar-refractivity contribution is 7.45. The molecule has 1 heterocycles. The molecule has 1 aromatic rings. The van der Waals surface area contributed by atoms with E-state index in [2.05, 4.69) is 18.0 Å². The Kier molecular flexibility index (Phi) is 5.68. The number of hydrogen-bond donors (Lipinski definition) is 3. The van der Waals surface area contributed by atoms with Crippen molar-refractivity contribution in [3.63, 3.8) is 0 Å². The van der Waals surface area contributed by atoms with E-state index >= 15 is 0 Å². The van der Waals surface area contributed by atoms with Gasteiger partial charge in [0, 0.05) is 45.8 Å². The third-order valence-electron chi connectivity index (χ3n) is 0.632.